The molecule has 3 nitrogen and oxygen atoms in total. The first-order valence-corrected chi connectivity index (χ1v) is 6.47. The van der Waals surface area contributed by atoms with Crippen LogP contribution in [0.4, 0.5) is 11.4 Å². The summed E-state index contributed by atoms with van der Waals surface area (Å²) in [6.45, 7) is 0.785. The van der Waals surface area contributed by atoms with Crippen molar-refractivity contribution < 1.29 is 4.79 Å². The van der Waals surface area contributed by atoms with Crippen molar-refractivity contribution in [3.05, 3.63) is 59.7 Å². The monoisotopic (exact) mass is 252 g/mol. The van der Waals surface area contributed by atoms with E-state index in [1.54, 1.807) is 0 Å². The van der Waals surface area contributed by atoms with Gasteiger partial charge in [-0.2, -0.15) is 0 Å². The van der Waals surface area contributed by atoms with Crippen LogP contribution < -0.4 is 10.6 Å². The highest BCUT2D eigenvalue weighted by Gasteiger charge is 2.23. The summed E-state index contributed by atoms with van der Waals surface area (Å²) in [4.78, 5) is 14.2. The molecule has 19 heavy (non-hydrogen) atoms. The predicted octanol–water partition coefficient (Wildman–Crippen LogP) is 2.40. The van der Waals surface area contributed by atoms with Crippen LogP contribution in [0, 0.1) is 0 Å². The molecule has 2 N–H and O–H groups in total. The van der Waals surface area contributed by atoms with E-state index in [4.69, 9.17) is 5.73 Å². The molecule has 1 aliphatic heterocycles. The van der Waals surface area contributed by atoms with Crippen LogP contribution in [0.25, 0.3) is 0 Å². The number of nitrogen functional groups attached to an aromatic ring is 1. The Kier molecular flexibility index (Phi) is 2.95. The summed E-state index contributed by atoms with van der Waals surface area (Å²) >= 11 is 0. The second-order valence-corrected chi connectivity index (χ2v) is 4.84. The van der Waals surface area contributed by atoms with Crippen molar-refractivity contribution in [2.45, 2.75) is 12.8 Å². The zero-order chi connectivity index (χ0) is 13.2. The fourth-order valence-electron chi connectivity index (χ4n) is 2.50. The molecule has 0 aliphatic carbocycles. The average Bonchev–Trinajstić information content (AvgIpc) is 2.85. The number of hydrogen-bond donors (Lipinski definition) is 1. The van der Waals surface area contributed by atoms with Gasteiger partial charge in [-0.15, -0.1) is 0 Å². The molecule has 0 fully saturated rings. The molecular formula is C16H16N2O. The molecule has 1 heterocycles. The Balaban J connectivity index is 1.77. The molecule has 0 atom stereocenters. The Bertz CT molecular complexity index is 604. The van der Waals surface area contributed by atoms with E-state index in [0.717, 1.165) is 29.9 Å². The highest BCUT2D eigenvalue weighted by Crippen LogP contribution is 2.27. The van der Waals surface area contributed by atoms with Gasteiger partial charge in [0.2, 0.25) is 5.91 Å². The second kappa shape index (κ2) is 4.76. The SMILES string of the molecule is Nc1ccc(CC(=O)N2CCc3ccccc32)cc1. The molecule has 0 saturated heterocycles. The minimum atomic E-state index is 0.148. The summed E-state index contributed by atoms with van der Waals surface area (Å²) in [6, 6.07) is 15.6. The molecule has 2 aromatic carbocycles. The molecular weight excluding hydrogens is 236 g/mol. The lowest BCUT2D eigenvalue weighted by Gasteiger charge is -2.17. The third-order valence-corrected chi connectivity index (χ3v) is 3.52. The third kappa shape index (κ3) is 2.32. The molecule has 1 aliphatic rings. The third-order valence-electron chi connectivity index (χ3n) is 3.52. The van der Waals surface area contributed by atoms with Gasteiger partial charge in [0.05, 0.1) is 6.42 Å². The lowest BCUT2D eigenvalue weighted by Crippen LogP contribution is -2.30. The van der Waals surface area contributed by atoms with E-state index in [1.807, 2.05) is 47.4 Å². The van der Waals surface area contributed by atoms with Crippen molar-refractivity contribution in [1.29, 1.82) is 0 Å². The number of rotatable bonds is 2. The van der Waals surface area contributed by atoms with Gasteiger partial charge in [0, 0.05) is 17.9 Å². The topological polar surface area (TPSA) is 46.3 Å². The first-order chi connectivity index (χ1) is 9.24. The molecule has 0 radical (unpaired) electrons. The summed E-state index contributed by atoms with van der Waals surface area (Å²) in [6.07, 6.45) is 1.37. The normalized spacial score (nSPS) is 13.4. The van der Waals surface area contributed by atoms with Crippen LogP contribution >= 0.6 is 0 Å². The van der Waals surface area contributed by atoms with E-state index in [9.17, 15) is 4.79 Å². The van der Waals surface area contributed by atoms with Crippen LogP contribution in [-0.2, 0) is 17.6 Å². The van der Waals surface area contributed by atoms with Crippen molar-refractivity contribution in [1.82, 2.24) is 0 Å². The Morgan fingerprint density at radius 3 is 2.63 bits per heavy atom. The first kappa shape index (κ1) is 11.8. The van der Waals surface area contributed by atoms with Gasteiger partial charge in [0.15, 0.2) is 0 Å². The Morgan fingerprint density at radius 1 is 1.11 bits per heavy atom. The van der Waals surface area contributed by atoms with Crippen molar-refractivity contribution in [3.8, 4) is 0 Å². The molecule has 2 aromatic rings. The second-order valence-electron chi connectivity index (χ2n) is 4.84. The fourth-order valence-corrected chi connectivity index (χ4v) is 2.50. The number of fused-ring (bicyclic) bond motifs is 1. The zero-order valence-corrected chi connectivity index (χ0v) is 10.7. The van der Waals surface area contributed by atoms with Gasteiger partial charge >= 0.3 is 0 Å². The standard InChI is InChI=1S/C16H16N2O/c17-14-7-5-12(6-8-14)11-16(19)18-10-9-13-3-1-2-4-15(13)18/h1-8H,9-11,17H2. The van der Waals surface area contributed by atoms with E-state index in [2.05, 4.69) is 6.07 Å². The number of hydrogen-bond acceptors (Lipinski definition) is 2. The Hall–Kier alpha value is -2.29. The largest absolute Gasteiger partial charge is 0.399 e. The highest BCUT2D eigenvalue weighted by molar-refractivity contribution is 5.96. The molecule has 0 saturated carbocycles. The molecule has 1 amide bonds. The molecule has 0 unspecified atom stereocenters. The average molecular weight is 252 g/mol. The quantitative estimate of drug-likeness (QED) is 0.834. The van der Waals surface area contributed by atoms with E-state index < -0.39 is 0 Å². The maximum Gasteiger partial charge on any atom is 0.231 e. The van der Waals surface area contributed by atoms with E-state index in [0.29, 0.717) is 6.42 Å². The number of nitrogens with two attached hydrogens (primary N) is 1. The highest BCUT2D eigenvalue weighted by atomic mass is 16.2. The van der Waals surface area contributed by atoms with Crippen molar-refractivity contribution in [3.63, 3.8) is 0 Å². The lowest BCUT2D eigenvalue weighted by atomic mass is 10.1. The van der Waals surface area contributed by atoms with Crippen LogP contribution in [0.3, 0.4) is 0 Å². The number of carbonyl (C=O) groups excluding carboxylic acids is 1. The number of carbonyl (C=O) groups is 1. The van der Waals surface area contributed by atoms with Gasteiger partial charge in [0.25, 0.3) is 0 Å². The minimum Gasteiger partial charge on any atom is -0.399 e. The summed E-state index contributed by atoms with van der Waals surface area (Å²) in [5.41, 5.74) is 9.69. The maximum absolute atomic E-state index is 12.4. The van der Waals surface area contributed by atoms with Gasteiger partial charge in [-0.1, -0.05) is 30.3 Å². The summed E-state index contributed by atoms with van der Waals surface area (Å²) in [5.74, 6) is 0.148. The molecule has 3 heteroatoms. The summed E-state index contributed by atoms with van der Waals surface area (Å²) in [7, 11) is 0. The zero-order valence-electron chi connectivity index (χ0n) is 10.7. The molecule has 0 aromatic heterocycles. The number of amides is 1. The van der Waals surface area contributed by atoms with E-state index in [1.165, 1.54) is 5.56 Å². The van der Waals surface area contributed by atoms with Crippen molar-refractivity contribution >= 4 is 17.3 Å². The molecule has 96 valence electrons. The van der Waals surface area contributed by atoms with Crippen molar-refractivity contribution in [2.75, 3.05) is 17.2 Å². The van der Waals surface area contributed by atoms with E-state index >= 15 is 0 Å². The summed E-state index contributed by atoms with van der Waals surface area (Å²) < 4.78 is 0. The van der Waals surface area contributed by atoms with Gasteiger partial charge in [-0.05, 0) is 35.7 Å². The smallest absolute Gasteiger partial charge is 0.231 e. The number of benzene rings is 2. The predicted molar refractivity (Wildman–Crippen MR) is 77.1 cm³/mol. The number of nitrogens with zero attached hydrogens (tertiary/aromatic N) is 1. The summed E-state index contributed by atoms with van der Waals surface area (Å²) in [5, 5.41) is 0. The van der Waals surface area contributed by atoms with Gasteiger partial charge in [-0.3, -0.25) is 4.79 Å². The van der Waals surface area contributed by atoms with E-state index in [-0.39, 0.29) is 5.91 Å². The molecule has 0 bridgehead atoms. The van der Waals surface area contributed by atoms with Crippen LogP contribution in [0.1, 0.15) is 11.1 Å². The molecule has 3 rings (SSSR count). The van der Waals surface area contributed by atoms with Crippen LogP contribution in [0.2, 0.25) is 0 Å². The van der Waals surface area contributed by atoms with Crippen LogP contribution in [-0.4, -0.2) is 12.5 Å². The Labute approximate surface area is 112 Å². The Morgan fingerprint density at radius 2 is 1.84 bits per heavy atom. The van der Waals surface area contributed by atoms with Crippen LogP contribution in [0.15, 0.2) is 48.5 Å². The molecule has 0 spiro atoms. The van der Waals surface area contributed by atoms with Crippen molar-refractivity contribution in [2.24, 2.45) is 0 Å². The van der Waals surface area contributed by atoms with Crippen LogP contribution in [0.5, 0.6) is 0 Å². The minimum absolute atomic E-state index is 0.148. The number of anilines is 2. The lowest BCUT2D eigenvalue weighted by molar-refractivity contribution is -0.117. The van der Waals surface area contributed by atoms with Gasteiger partial charge in [-0.25, -0.2) is 0 Å². The maximum atomic E-state index is 12.4. The van der Waals surface area contributed by atoms with Gasteiger partial charge < -0.3 is 10.6 Å². The first-order valence-electron chi connectivity index (χ1n) is 6.47. The van der Waals surface area contributed by atoms with Gasteiger partial charge in [0.1, 0.15) is 0 Å². The number of para-hydroxylation sites is 1. The fraction of sp³-hybridized carbons (Fsp3) is 0.188.